The summed E-state index contributed by atoms with van der Waals surface area (Å²) in [7, 11) is 0. The summed E-state index contributed by atoms with van der Waals surface area (Å²) in [5.74, 6) is 0.403. The third-order valence-corrected chi connectivity index (χ3v) is 4.59. The van der Waals surface area contributed by atoms with Crippen molar-refractivity contribution in [2.75, 3.05) is 6.54 Å². The zero-order valence-electron chi connectivity index (χ0n) is 12.3. The van der Waals surface area contributed by atoms with Crippen molar-refractivity contribution < 1.29 is 13.2 Å². The Kier molecular flexibility index (Phi) is 3.78. The Morgan fingerprint density at radius 2 is 2.05 bits per heavy atom. The summed E-state index contributed by atoms with van der Waals surface area (Å²) in [5, 5.41) is 3.11. The molecule has 2 aliphatic carbocycles. The van der Waals surface area contributed by atoms with Crippen LogP contribution in [-0.4, -0.2) is 18.5 Å². The van der Waals surface area contributed by atoms with Crippen molar-refractivity contribution in [1.82, 2.24) is 5.32 Å². The van der Waals surface area contributed by atoms with Crippen molar-refractivity contribution in [2.24, 2.45) is 10.7 Å². The second-order valence-corrected chi connectivity index (χ2v) is 6.33. The van der Waals surface area contributed by atoms with E-state index in [0.717, 1.165) is 43.7 Å². The molecule has 120 valence electrons. The average molecular weight is 311 g/mol. The summed E-state index contributed by atoms with van der Waals surface area (Å²) in [6, 6.07) is 6.05. The minimum Gasteiger partial charge on any atom is -0.370 e. The van der Waals surface area contributed by atoms with Crippen LogP contribution in [0, 0.1) is 0 Å². The van der Waals surface area contributed by atoms with Gasteiger partial charge in [-0.1, -0.05) is 24.6 Å². The Balaban J connectivity index is 1.77. The minimum absolute atomic E-state index is 0.295. The van der Waals surface area contributed by atoms with Crippen LogP contribution in [0.2, 0.25) is 0 Å². The van der Waals surface area contributed by atoms with E-state index in [1.54, 1.807) is 6.07 Å². The highest BCUT2D eigenvalue weighted by molar-refractivity contribution is 5.78. The van der Waals surface area contributed by atoms with Gasteiger partial charge in [-0.25, -0.2) is 0 Å². The van der Waals surface area contributed by atoms with Gasteiger partial charge in [0.15, 0.2) is 5.96 Å². The lowest BCUT2D eigenvalue weighted by Crippen LogP contribution is -2.40. The number of nitrogens with one attached hydrogen (secondary N) is 1. The molecule has 1 aromatic carbocycles. The third kappa shape index (κ3) is 3.20. The van der Waals surface area contributed by atoms with Crippen LogP contribution in [-0.2, 0) is 11.6 Å². The maximum Gasteiger partial charge on any atom is 0.416 e. The molecule has 0 bridgehead atoms. The highest BCUT2D eigenvalue weighted by Crippen LogP contribution is 2.45. The van der Waals surface area contributed by atoms with E-state index in [0.29, 0.717) is 18.5 Å². The second-order valence-electron chi connectivity index (χ2n) is 6.33. The Labute approximate surface area is 127 Å². The summed E-state index contributed by atoms with van der Waals surface area (Å²) in [5.41, 5.74) is 5.67. The summed E-state index contributed by atoms with van der Waals surface area (Å²) in [6.45, 7) is 0.444. The van der Waals surface area contributed by atoms with Crippen molar-refractivity contribution in [1.29, 1.82) is 0 Å². The van der Waals surface area contributed by atoms with E-state index in [2.05, 4.69) is 10.3 Å². The lowest BCUT2D eigenvalue weighted by atomic mass is 9.64. The first kappa shape index (κ1) is 15.2. The molecule has 2 saturated carbocycles. The first-order valence-electron chi connectivity index (χ1n) is 7.63. The largest absolute Gasteiger partial charge is 0.416 e. The molecular weight excluding hydrogens is 291 g/mol. The van der Waals surface area contributed by atoms with Crippen LogP contribution in [0.4, 0.5) is 13.2 Å². The maximum absolute atomic E-state index is 12.9. The number of aliphatic imine (C=N–C) groups is 1. The van der Waals surface area contributed by atoms with Gasteiger partial charge in [-0.3, -0.25) is 4.99 Å². The van der Waals surface area contributed by atoms with E-state index >= 15 is 0 Å². The van der Waals surface area contributed by atoms with Gasteiger partial charge in [-0.05, 0) is 37.3 Å². The third-order valence-electron chi connectivity index (χ3n) is 4.59. The molecular formula is C16H20F3N3. The molecule has 3 rings (SSSR count). The zero-order valence-corrected chi connectivity index (χ0v) is 12.3. The quantitative estimate of drug-likeness (QED) is 0.663. The van der Waals surface area contributed by atoms with Gasteiger partial charge in [0, 0.05) is 11.5 Å². The molecule has 0 atom stereocenters. The molecule has 2 fully saturated rings. The molecule has 0 unspecified atom stereocenters. The highest BCUT2D eigenvalue weighted by atomic mass is 19.4. The fourth-order valence-corrected chi connectivity index (χ4v) is 2.89. The van der Waals surface area contributed by atoms with Gasteiger partial charge in [-0.2, -0.15) is 13.2 Å². The monoisotopic (exact) mass is 311 g/mol. The van der Waals surface area contributed by atoms with Gasteiger partial charge >= 0.3 is 6.18 Å². The second kappa shape index (κ2) is 5.48. The average Bonchev–Trinajstić information content (AvgIpc) is 3.21. The summed E-state index contributed by atoms with van der Waals surface area (Å²) in [4.78, 5) is 4.37. The van der Waals surface area contributed by atoms with Crippen molar-refractivity contribution >= 4 is 5.96 Å². The van der Waals surface area contributed by atoms with Crippen molar-refractivity contribution in [2.45, 2.75) is 49.7 Å². The first-order chi connectivity index (χ1) is 10.4. The Hall–Kier alpha value is -1.72. The summed E-state index contributed by atoms with van der Waals surface area (Å²) in [6.07, 6.45) is 0.630. The summed E-state index contributed by atoms with van der Waals surface area (Å²) >= 11 is 0. The van der Waals surface area contributed by atoms with Crippen LogP contribution in [0.1, 0.15) is 43.2 Å². The van der Waals surface area contributed by atoms with Crippen molar-refractivity contribution in [3.8, 4) is 0 Å². The predicted octanol–water partition coefficient (Wildman–Crippen LogP) is 3.19. The standard InChI is InChI=1S/C16H20F3N3/c17-16(18,19)12-4-1-3-11(9-12)15(7-2-8-15)10-21-14(20)22-13-5-6-13/h1,3-4,9,13H,2,5-8,10H2,(H3,20,21,22). The van der Waals surface area contributed by atoms with Crippen LogP contribution in [0.5, 0.6) is 0 Å². The number of hydrogen-bond donors (Lipinski definition) is 2. The topological polar surface area (TPSA) is 50.4 Å². The number of benzene rings is 1. The van der Waals surface area contributed by atoms with E-state index in [9.17, 15) is 13.2 Å². The first-order valence-corrected chi connectivity index (χ1v) is 7.63. The Bertz CT molecular complexity index is 572. The number of guanidine groups is 1. The van der Waals surface area contributed by atoms with E-state index in [-0.39, 0.29) is 5.41 Å². The van der Waals surface area contributed by atoms with Crippen LogP contribution in [0.15, 0.2) is 29.3 Å². The van der Waals surface area contributed by atoms with Gasteiger partial charge in [-0.15, -0.1) is 0 Å². The fourth-order valence-electron chi connectivity index (χ4n) is 2.89. The van der Waals surface area contributed by atoms with Gasteiger partial charge in [0.25, 0.3) is 0 Å². The molecule has 0 spiro atoms. The smallest absolute Gasteiger partial charge is 0.370 e. The molecule has 3 N–H and O–H groups in total. The van der Waals surface area contributed by atoms with Crippen molar-refractivity contribution in [3.63, 3.8) is 0 Å². The lowest BCUT2D eigenvalue weighted by Gasteiger charge is -2.41. The van der Waals surface area contributed by atoms with Crippen LogP contribution in [0.25, 0.3) is 0 Å². The van der Waals surface area contributed by atoms with Crippen LogP contribution >= 0.6 is 0 Å². The Morgan fingerprint density at radius 1 is 1.32 bits per heavy atom. The lowest BCUT2D eigenvalue weighted by molar-refractivity contribution is -0.137. The number of alkyl halides is 3. The number of hydrogen-bond acceptors (Lipinski definition) is 1. The molecule has 0 aromatic heterocycles. The molecule has 0 saturated heterocycles. The number of nitrogens with two attached hydrogens (primary N) is 1. The number of nitrogens with zero attached hydrogens (tertiary/aromatic N) is 1. The molecule has 2 aliphatic rings. The highest BCUT2D eigenvalue weighted by Gasteiger charge is 2.40. The van der Waals surface area contributed by atoms with Gasteiger partial charge < -0.3 is 11.1 Å². The summed E-state index contributed by atoms with van der Waals surface area (Å²) < 4.78 is 38.7. The molecule has 1 aromatic rings. The molecule has 3 nitrogen and oxygen atoms in total. The SMILES string of the molecule is NC(=NCC1(c2cccc(C(F)(F)F)c2)CCC1)NC1CC1. The van der Waals surface area contributed by atoms with E-state index in [1.807, 2.05) is 0 Å². The molecule has 0 heterocycles. The van der Waals surface area contributed by atoms with E-state index < -0.39 is 11.7 Å². The van der Waals surface area contributed by atoms with Gasteiger partial charge in [0.2, 0.25) is 0 Å². The minimum atomic E-state index is -4.31. The molecule has 0 amide bonds. The van der Waals surface area contributed by atoms with Crippen molar-refractivity contribution in [3.05, 3.63) is 35.4 Å². The van der Waals surface area contributed by atoms with E-state index in [4.69, 9.17) is 5.73 Å². The normalized spacial score (nSPS) is 21.3. The van der Waals surface area contributed by atoms with Crippen LogP contribution < -0.4 is 11.1 Å². The predicted molar refractivity (Wildman–Crippen MR) is 79.6 cm³/mol. The molecule has 0 aliphatic heterocycles. The molecule has 22 heavy (non-hydrogen) atoms. The number of rotatable bonds is 4. The Morgan fingerprint density at radius 3 is 2.59 bits per heavy atom. The fraction of sp³-hybridized carbons (Fsp3) is 0.562. The molecule has 6 heteroatoms. The molecule has 0 radical (unpaired) electrons. The maximum atomic E-state index is 12.9. The van der Waals surface area contributed by atoms with Gasteiger partial charge in [0.05, 0.1) is 12.1 Å². The van der Waals surface area contributed by atoms with Crippen LogP contribution in [0.3, 0.4) is 0 Å². The van der Waals surface area contributed by atoms with Gasteiger partial charge in [0.1, 0.15) is 0 Å². The zero-order chi connectivity index (χ0) is 15.8. The number of halogens is 3. The van der Waals surface area contributed by atoms with E-state index in [1.165, 1.54) is 12.1 Å².